The second kappa shape index (κ2) is 8.70. The lowest BCUT2D eigenvalue weighted by molar-refractivity contribution is -0.118. The quantitative estimate of drug-likeness (QED) is 0.474. The van der Waals surface area contributed by atoms with E-state index in [0.717, 1.165) is 28.3 Å². The summed E-state index contributed by atoms with van der Waals surface area (Å²) in [6.07, 6.45) is 2.37. The second-order valence-electron chi connectivity index (χ2n) is 6.29. The molecule has 6 nitrogen and oxygen atoms in total. The Morgan fingerprint density at radius 1 is 1.25 bits per heavy atom. The Bertz CT molecular complexity index is 1020. The van der Waals surface area contributed by atoms with Gasteiger partial charge in [-0.25, -0.2) is 4.98 Å². The van der Waals surface area contributed by atoms with Gasteiger partial charge >= 0.3 is 0 Å². The molecular formula is C20H19N3O3S2. The fraction of sp³-hybridized carbons (Fsp3) is 0.250. The van der Waals surface area contributed by atoms with Gasteiger partial charge in [-0.3, -0.25) is 14.2 Å². The molecule has 28 heavy (non-hydrogen) atoms. The van der Waals surface area contributed by atoms with E-state index >= 15 is 0 Å². The van der Waals surface area contributed by atoms with Crippen LogP contribution in [0.3, 0.4) is 0 Å². The summed E-state index contributed by atoms with van der Waals surface area (Å²) in [6.45, 7) is 0.786. The molecule has 8 heteroatoms. The lowest BCUT2D eigenvalue weighted by Crippen LogP contribution is -2.28. The first-order chi connectivity index (χ1) is 13.7. The smallest absolute Gasteiger partial charge is 0.268 e. The monoisotopic (exact) mass is 413 g/mol. The molecule has 3 heterocycles. The van der Waals surface area contributed by atoms with Crippen LogP contribution in [0.2, 0.25) is 0 Å². The van der Waals surface area contributed by atoms with E-state index < -0.39 is 0 Å². The molecule has 1 N–H and O–H groups in total. The van der Waals surface area contributed by atoms with Crippen LogP contribution in [0.4, 0.5) is 0 Å². The maximum atomic E-state index is 13.0. The first kappa shape index (κ1) is 18.9. The molecule has 2 aromatic heterocycles. The molecule has 0 bridgehead atoms. The molecule has 0 atom stereocenters. The Morgan fingerprint density at radius 2 is 2.11 bits per heavy atom. The van der Waals surface area contributed by atoms with Gasteiger partial charge in [-0.1, -0.05) is 42.1 Å². The van der Waals surface area contributed by atoms with Crippen molar-refractivity contribution in [2.24, 2.45) is 0 Å². The second-order valence-corrected chi connectivity index (χ2v) is 8.34. The van der Waals surface area contributed by atoms with Crippen LogP contribution in [0, 0.1) is 0 Å². The first-order valence-corrected chi connectivity index (χ1v) is 10.9. The Balaban J connectivity index is 1.51. The number of hydrogen-bond acceptors (Lipinski definition) is 6. The minimum absolute atomic E-state index is 0.0187. The molecule has 1 amide bonds. The Hall–Kier alpha value is -2.45. The normalized spacial score (nSPS) is 12.7. The molecule has 0 radical (unpaired) electrons. The highest BCUT2D eigenvalue weighted by molar-refractivity contribution is 8.00. The van der Waals surface area contributed by atoms with Crippen LogP contribution in [0.5, 0.6) is 0 Å². The highest BCUT2D eigenvalue weighted by Crippen LogP contribution is 2.29. The summed E-state index contributed by atoms with van der Waals surface area (Å²) in [5.41, 5.74) is 1.85. The summed E-state index contributed by atoms with van der Waals surface area (Å²) >= 11 is 2.86. The molecule has 1 aliphatic heterocycles. The van der Waals surface area contributed by atoms with Gasteiger partial charge in [-0.15, -0.1) is 11.8 Å². The number of carbonyl (C=O) groups is 1. The van der Waals surface area contributed by atoms with Gasteiger partial charge in [0.1, 0.15) is 5.76 Å². The van der Waals surface area contributed by atoms with Crippen LogP contribution in [-0.2, 0) is 24.3 Å². The number of benzene rings is 1. The number of furan rings is 1. The van der Waals surface area contributed by atoms with Crippen molar-refractivity contribution >= 4 is 29.4 Å². The van der Waals surface area contributed by atoms with E-state index in [1.165, 1.54) is 11.8 Å². The number of nitrogens with zero attached hydrogens (tertiary/aromatic N) is 2. The van der Waals surface area contributed by atoms with E-state index in [1.54, 1.807) is 28.7 Å². The van der Waals surface area contributed by atoms with E-state index in [1.807, 2.05) is 36.4 Å². The van der Waals surface area contributed by atoms with Gasteiger partial charge in [0.25, 0.3) is 5.56 Å². The van der Waals surface area contributed by atoms with Gasteiger partial charge in [0.15, 0.2) is 5.16 Å². The number of amides is 1. The summed E-state index contributed by atoms with van der Waals surface area (Å²) in [4.78, 5) is 30.6. The van der Waals surface area contributed by atoms with Crippen molar-refractivity contribution in [3.63, 3.8) is 0 Å². The topological polar surface area (TPSA) is 77.1 Å². The van der Waals surface area contributed by atoms with E-state index in [2.05, 4.69) is 5.32 Å². The highest BCUT2D eigenvalue weighted by atomic mass is 32.2. The standard InChI is InChI=1S/C20H19N3O3S2/c24-17(21-11-15-7-4-9-26-15)13-28-20-22-16-8-10-27-18(16)19(25)23(20)12-14-5-2-1-3-6-14/h1-7,9H,8,10-13H2,(H,21,24). The Labute approximate surface area is 170 Å². The molecule has 0 fully saturated rings. The number of nitrogens with one attached hydrogen (secondary N) is 1. The van der Waals surface area contributed by atoms with Gasteiger partial charge in [-0.2, -0.15) is 0 Å². The molecule has 0 saturated heterocycles. The van der Waals surface area contributed by atoms with Gasteiger partial charge in [0.05, 0.1) is 35.7 Å². The third kappa shape index (κ3) is 4.34. The molecule has 0 aliphatic carbocycles. The molecule has 144 valence electrons. The van der Waals surface area contributed by atoms with Crippen molar-refractivity contribution in [2.45, 2.75) is 29.6 Å². The first-order valence-electron chi connectivity index (χ1n) is 8.93. The zero-order chi connectivity index (χ0) is 19.3. The minimum Gasteiger partial charge on any atom is -0.467 e. The van der Waals surface area contributed by atoms with Crippen LogP contribution in [0.25, 0.3) is 0 Å². The zero-order valence-electron chi connectivity index (χ0n) is 15.1. The Kier molecular flexibility index (Phi) is 5.87. The molecule has 0 unspecified atom stereocenters. The largest absolute Gasteiger partial charge is 0.467 e. The van der Waals surface area contributed by atoms with E-state index in [4.69, 9.17) is 9.40 Å². The van der Waals surface area contributed by atoms with Crippen LogP contribution < -0.4 is 10.9 Å². The van der Waals surface area contributed by atoms with E-state index in [-0.39, 0.29) is 17.2 Å². The van der Waals surface area contributed by atoms with Crippen molar-refractivity contribution in [1.29, 1.82) is 0 Å². The number of aryl methyl sites for hydroxylation is 1. The predicted octanol–water partition coefficient (Wildman–Crippen LogP) is 2.94. The number of thioether (sulfide) groups is 2. The summed E-state index contributed by atoms with van der Waals surface area (Å²) in [5.74, 6) is 1.64. The molecule has 0 saturated carbocycles. The SMILES string of the molecule is O=C(CSc1nc2c(c(=O)n1Cc1ccccc1)SCC2)NCc1ccco1. The molecule has 4 rings (SSSR count). The average Bonchev–Trinajstić information content (AvgIpc) is 3.40. The van der Waals surface area contributed by atoms with Crippen molar-refractivity contribution < 1.29 is 9.21 Å². The van der Waals surface area contributed by atoms with Gasteiger partial charge in [0.2, 0.25) is 5.91 Å². The number of fused-ring (bicyclic) bond motifs is 1. The highest BCUT2D eigenvalue weighted by Gasteiger charge is 2.22. The van der Waals surface area contributed by atoms with Crippen LogP contribution in [0.1, 0.15) is 17.0 Å². The van der Waals surface area contributed by atoms with E-state index in [0.29, 0.717) is 24.0 Å². The van der Waals surface area contributed by atoms with Crippen LogP contribution in [0.15, 0.2) is 68.0 Å². The summed E-state index contributed by atoms with van der Waals surface area (Å²) in [6, 6.07) is 13.4. The third-order valence-corrected chi connectivity index (χ3v) is 6.39. The maximum absolute atomic E-state index is 13.0. The van der Waals surface area contributed by atoms with Crippen LogP contribution in [-0.4, -0.2) is 27.0 Å². The number of carbonyl (C=O) groups excluding carboxylic acids is 1. The van der Waals surface area contributed by atoms with Crippen molar-refractivity contribution in [3.05, 3.63) is 76.1 Å². The summed E-state index contributed by atoms with van der Waals surface area (Å²) < 4.78 is 6.89. The minimum atomic E-state index is -0.128. The molecule has 1 aliphatic rings. The summed E-state index contributed by atoms with van der Waals surface area (Å²) in [5, 5.41) is 3.40. The fourth-order valence-electron chi connectivity index (χ4n) is 2.92. The molecule has 1 aromatic carbocycles. The van der Waals surface area contributed by atoms with E-state index in [9.17, 15) is 9.59 Å². The van der Waals surface area contributed by atoms with Crippen molar-refractivity contribution in [2.75, 3.05) is 11.5 Å². The van der Waals surface area contributed by atoms with Gasteiger partial charge in [0, 0.05) is 12.2 Å². The Morgan fingerprint density at radius 3 is 2.89 bits per heavy atom. The zero-order valence-corrected chi connectivity index (χ0v) is 16.7. The fourth-order valence-corrected chi connectivity index (χ4v) is 4.81. The number of hydrogen-bond donors (Lipinski definition) is 1. The van der Waals surface area contributed by atoms with Gasteiger partial charge in [-0.05, 0) is 17.7 Å². The predicted molar refractivity (Wildman–Crippen MR) is 110 cm³/mol. The van der Waals surface area contributed by atoms with Crippen molar-refractivity contribution in [3.8, 4) is 0 Å². The maximum Gasteiger partial charge on any atom is 0.268 e. The molecule has 3 aromatic rings. The summed E-state index contributed by atoms with van der Waals surface area (Å²) in [7, 11) is 0. The number of aromatic nitrogens is 2. The lowest BCUT2D eigenvalue weighted by atomic mass is 10.2. The average molecular weight is 414 g/mol. The van der Waals surface area contributed by atoms with Crippen LogP contribution >= 0.6 is 23.5 Å². The number of rotatable bonds is 7. The lowest BCUT2D eigenvalue weighted by Gasteiger charge is -2.13. The van der Waals surface area contributed by atoms with Gasteiger partial charge < -0.3 is 9.73 Å². The van der Waals surface area contributed by atoms with Crippen molar-refractivity contribution in [1.82, 2.24) is 14.9 Å². The molecular weight excluding hydrogens is 394 g/mol. The third-order valence-electron chi connectivity index (χ3n) is 4.30. The molecule has 0 spiro atoms.